The van der Waals surface area contributed by atoms with Crippen molar-refractivity contribution >= 4 is 37.2 Å². The van der Waals surface area contributed by atoms with Crippen molar-refractivity contribution in [2.24, 2.45) is 0 Å². The summed E-state index contributed by atoms with van der Waals surface area (Å²) in [6.45, 7) is 6.97. The molecule has 2 rings (SSSR count). The summed E-state index contributed by atoms with van der Waals surface area (Å²) in [5, 5.41) is 4.29. The summed E-state index contributed by atoms with van der Waals surface area (Å²) < 4.78 is 22.9. The van der Waals surface area contributed by atoms with E-state index in [4.69, 9.17) is 0 Å². The average Bonchev–Trinajstić information content (AvgIpc) is 2.60. The molecule has 0 amide bonds. The predicted molar refractivity (Wildman–Crippen MR) is 84.2 cm³/mol. The molecule has 0 aliphatic heterocycles. The van der Waals surface area contributed by atoms with E-state index >= 15 is 0 Å². The van der Waals surface area contributed by atoms with Gasteiger partial charge in [0.25, 0.3) is 0 Å². The topological polar surface area (TPSA) is 72.0 Å². The summed E-state index contributed by atoms with van der Waals surface area (Å²) in [4.78, 5) is 10.8. The van der Waals surface area contributed by atoms with Gasteiger partial charge in [-0.2, -0.15) is 0 Å². The molecule has 0 aromatic carbocycles. The second kappa shape index (κ2) is 5.65. The average molecular weight is 313 g/mol. The van der Waals surface area contributed by atoms with E-state index in [1.54, 1.807) is 11.3 Å². The maximum Gasteiger partial charge on any atom is 0.154 e. The Morgan fingerprint density at radius 3 is 2.55 bits per heavy atom. The van der Waals surface area contributed by atoms with Crippen molar-refractivity contribution in [3.8, 4) is 0 Å². The van der Waals surface area contributed by atoms with Crippen molar-refractivity contribution in [2.75, 3.05) is 18.1 Å². The molecule has 0 saturated carbocycles. The van der Waals surface area contributed by atoms with Gasteiger partial charge in [-0.15, -0.1) is 11.3 Å². The number of thiophene rings is 1. The molecule has 0 radical (unpaired) electrons. The molecule has 1 N–H and O–H groups in total. The van der Waals surface area contributed by atoms with Gasteiger partial charge in [-0.05, 0) is 25.8 Å². The highest BCUT2D eigenvalue weighted by Gasteiger charge is 2.16. The molecule has 0 spiro atoms. The highest BCUT2D eigenvalue weighted by molar-refractivity contribution is 7.89. The van der Waals surface area contributed by atoms with Crippen LogP contribution in [0.4, 0.5) is 5.82 Å². The van der Waals surface area contributed by atoms with Gasteiger partial charge in [-0.1, -0.05) is 6.92 Å². The number of hydrogen-bond acceptors (Lipinski definition) is 6. The van der Waals surface area contributed by atoms with Gasteiger partial charge in [0.1, 0.15) is 22.2 Å². The van der Waals surface area contributed by atoms with Gasteiger partial charge in [0.15, 0.2) is 9.84 Å². The van der Waals surface area contributed by atoms with E-state index in [1.807, 2.05) is 13.8 Å². The standard InChI is InChI=1S/C13H19N3O2S2/c1-5-6-14-12-11-8(2)9(3)19-13(11)16-10(15-12)7-20(4,17)18/h5-7H2,1-4H3,(H,14,15,16). The summed E-state index contributed by atoms with van der Waals surface area (Å²) in [6, 6.07) is 0. The number of fused-ring (bicyclic) bond motifs is 1. The monoisotopic (exact) mass is 313 g/mol. The Hall–Kier alpha value is -1.21. The van der Waals surface area contributed by atoms with Crippen LogP contribution in [0.15, 0.2) is 0 Å². The Morgan fingerprint density at radius 2 is 1.95 bits per heavy atom. The number of sulfone groups is 1. The minimum absolute atomic E-state index is 0.125. The van der Waals surface area contributed by atoms with E-state index in [0.29, 0.717) is 5.82 Å². The Morgan fingerprint density at radius 1 is 1.25 bits per heavy atom. The Balaban J connectivity index is 2.58. The predicted octanol–water partition coefficient (Wildman–Crippen LogP) is 2.67. The molecule has 0 unspecified atom stereocenters. The summed E-state index contributed by atoms with van der Waals surface area (Å²) in [5.41, 5.74) is 1.16. The number of nitrogens with zero attached hydrogens (tertiary/aromatic N) is 2. The number of nitrogens with one attached hydrogen (secondary N) is 1. The lowest BCUT2D eigenvalue weighted by Crippen LogP contribution is -2.09. The molecule has 0 atom stereocenters. The van der Waals surface area contributed by atoms with E-state index in [-0.39, 0.29) is 5.75 Å². The SMILES string of the molecule is CCCNc1nc(CS(C)(=O)=O)nc2sc(C)c(C)c12. The Bertz CT molecular complexity index is 736. The van der Waals surface area contributed by atoms with Gasteiger partial charge in [-0.25, -0.2) is 18.4 Å². The van der Waals surface area contributed by atoms with Crippen LogP contribution in [0.2, 0.25) is 0 Å². The molecule has 0 saturated heterocycles. The van der Waals surface area contributed by atoms with Crippen LogP contribution in [-0.2, 0) is 15.6 Å². The number of hydrogen-bond donors (Lipinski definition) is 1. The van der Waals surface area contributed by atoms with E-state index in [0.717, 1.165) is 34.6 Å². The molecule has 110 valence electrons. The summed E-state index contributed by atoms with van der Waals surface area (Å²) in [7, 11) is -3.13. The van der Waals surface area contributed by atoms with Crippen LogP contribution >= 0.6 is 11.3 Å². The first kappa shape index (κ1) is 15.2. The zero-order valence-corrected chi connectivity index (χ0v) is 13.8. The third-order valence-corrected chi connectivity index (χ3v) is 4.89. The van der Waals surface area contributed by atoms with Crippen LogP contribution < -0.4 is 5.32 Å². The van der Waals surface area contributed by atoms with Crippen LogP contribution in [0, 0.1) is 13.8 Å². The maximum atomic E-state index is 11.4. The van der Waals surface area contributed by atoms with Crippen molar-refractivity contribution in [1.29, 1.82) is 0 Å². The summed E-state index contributed by atoms with van der Waals surface area (Å²) in [6.07, 6.45) is 2.18. The van der Waals surface area contributed by atoms with Gasteiger partial charge in [0.2, 0.25) is 0 Å². The van der Waals surface area contributed by atoms with Gasteiger partial charge >= 0.3 is 0 Å². The Labute approximate surface area is 123 Å². The van der Waals surface area contributed by atoms with Gasteiger partial charge in [-0.3, -0.25) is 0 Å². The van der Waals surface area contributed by atoms with Crippen molar-refractivity contribution in [3.05, 3.63) is 16.3 Å². The van der Waals surface area contributed by atoms with Crippen LogP contribution in [0.5, 0.6) is 0 Å². The third-order valence-electron chi connectivity index (χ3n) is 3.01. The van der Waals surface area contributed by atoms with Crippen molar-refractivity contribution in [3.63, 3.8) is 0 Å². The van der Waals surface area contributed by atoms with Crippen LogP contribution in [-0.4, -0.2) is 31.2 Å². The van der Waals surface area contributed by atoms with Crippen molar-refractivity contribution in [1.82, 2.24) is 9.97 Å². The fourth-order valence-electron chi connectivity index (χ4n) is 1.96. The molecule has 7 heteroatoms. The fourth-order valence-corrected chi connectivity index (χ4v) is 3.61. The van der Waals surface area contributed by atoms with Gasteiger partial charge in [0.05, 0.1) is 5.39 Å². The van der Waals surface area contributed by atoms with Crippen LogP contribution in [0.3, 0.4) is 0 Å². The van der Waals surface area contributed by atoms with E-state index < -0.39 is 9.84 Å². The summed E-state index contributed by atoms with van der Waals surface area (Å²) in [5.74, 6) is 0.983. The molecule has 2 aromatic heterocycles. The highest BCUT2D eigenvalue weighted by atomic mass is 32.2. The van der Waals surface area contributed by atoms with E-state index in [1.165, 1.54) is 11.1 Å². The molecule has 2 aromatic rings. The van der Waals surface area contributed by atoms with E-state index in [9.17, 15) is 8.42 Å². The maximum absolute atomic E-state index is 11.4. The molecule has 5 nitrogen and oxygen atoms in total. The molecule has 20 heavy (non-hydrogen) atoms. The third kappa shape index (κ3) is 3.27. The first-order valence-electron chi connectivity index (χ1n) is 6.50. The lowest BCUT2D eigenvalue weighted by molar-refractivity contribution is 0.600. The first-order valence-corrected chi connectivity index (χ1v) is 9.37. The fraction of sp³-hybridized carbons (Fsp3) is 0.538. The molecular weight excluding hydrogens is 294 g/mol. The zero-order valence-electron chi connectivity index (χ0n) is 12.1. The second-order valence-corrected chi connectivity index (χ2v) is 8.29. The van der Waals surface area contributed by atoms with Crippen LogP contribution in [0.1, 0.15) is 29.6 Å². The molecule has 0 aliphatic carbocycles. The molecule has 0 aliphatic rings. The number of rotatable bonds is 5. The number of anilines is 1. The molecule has 0 bridgehead atoms. The lowest BCUT2D eigenvalue weighted by atomic mass is 10.2. The number of aromatic nitrogens is 2. The van der Waals surface area contributed by atoms with Crippen LogP contribution in [0.25, 0.3) is 10.2 Å². The quantitative estimate of drug-likeness (QED) is 0.919. The number of aryl methyl sites for hydroxylation is 2. The first-order chi connectivity index (χ1) is 9.31. The Kier molecular flexibility index (Phi) is 4.29. The molecule has 2 heterocycles. The van der Waals surface area contributed by atoms with Crippen molar-refractivity contribution in [2.45, 2.75) is 32.9 Å². The van der Waals surface area contributed by atoms with Gasteiger partial charge < -0.3 is 5.32 Å². The largest absolute Gasteiger partial charge is 0.369 e. The highest BCUT2D eigenvalue weighted by Crippen LogP contribution is 2.33. The zero-order chi connectivity index (χ0) is 14.9. The minimum Gasteiger partial charge on any atom is -0.369 e. The normalized spacial score (nSPS) is 12.0. The van der Waals surface area contributed by atoms with E-state index in [2.05, 4.69) is 22.2 Å². The second-order valence-electron chi connectivity index (χ2n) is 4.95. The lowest BCUT2D eigenvalue weighted by Gasteiger charge is -2.08. The summed E-state index contributed by atoms with van der Waals surface area (Å²) >= 11 is 1.58. The smallest absolute Gasteiger partial charge is 0.154 e. The molecular formula is C13H19N3O2S2. The molecule has 0 fully saturated rings. The van der Waals surface area contributed by atoms with Crippen molar-refractivity contribution < 1.29 is 8.42 Å². The van der Waals surface area contributed by atoms with Gasteiger partial charge in [0, 0.05) is 17.7 Å². The minimum atomic E-state index is -3.13.